The van der Waals surface area contributed by atoms with Crippen LogP contribution in [0.4, 0.5) is 68.2 Å². The molecule has 26 aromatic rings. The molecule has 0 unspecified atom stereocenters. The molecule has 0 saturated heterocycles. The molecule has 11 nitrogen and oxygen atoms in total. The Bertz CT molecular complexity index is 9250. The highest BCUT2D eigenvalue weighted by atomic mass is 15.3. The number of rotatable bonds is 10. The molecule has 0 bridgehead atoms. The van der Waals surface area contributed by atoms with Gasteiger partial charge in [-0.15, -0.1) is 0 Å². The van der Waals surface area contributed by atoms with Crippen molar-refractivity contribution in [1.82, 2.24) is 32.8 Å². The fraction of sp³-hybridized carbons (Fsp3) is 0.0236. The second-order valence-corrected chi connectivity index (χ2v) is 36.8. The molecule has 138 heavy (non-hydrogen) atoms. The van der Waals surface area contributed by atoms with Gasteiger partial charge in [-0.1, -0.05) is 293 Å². The molecule has 0 aliphatic carbocycles. The Morgan fingerprint density at radius 3 is 1.21 bits per heavy atom. The van der Waals surface area contributed by atoms with Gasteiger partial charge in [0.05, 0.1) is 113 Å². The second-order valence-electron chi connectivity index (χ2n) is 36.8. The zero-order valence-corrected chi connectivity index (χ0v) is 75.5. The average molecular weight is 1770 g/mol. The van der Waals surface area contributed by atoms with Gasteiger partial charge in [0.25, 0.3) is 0 Å². The first-order valence-corrected chi connectivity index (χ1v) is 47.3. The lowest BCUT2D eigenvalue weighted by molar-refractivity contribution is 0.630. The molecule has 0 fully saturated rings. The summed E-state index contributed by atoms with van der Waals surface area (Å²) in [5, 5.41) is 12.4. The predicted octanol–water partition coefficient (Wildman–Crippen LogP) is 33.8. The topological polar surface area (TPSA) is 63.4 Å². The van der Waals surface area contributed by atoms with Gasteiger partial charge in [0.15, 0.2) is 0 Å². The van der Waals surface area contributed by atoms with Crippen molar-refractivity contribution in [3.8, 4) is 61.8 Å². The van der Waals surface area contributed by atoms with Crippen LogP contribution in [0.5, 0.6) is 0 Å². The van der Waals surface area contributed by atoms with Gasteiger partial charge in [-0.2, -0.15) is 0 Å². The number of benzene rings is 19. The van der Waals surface area contributed by atoms with Crippen LogP contribution in [-0.4, -0.2) is 32.8 Å². The lowest BCUT2D eigenvalue weighted by Crippen LogP contribution is -2.33. The van der Waals surface area contributed by atoms with Crippen LogP contribution in [0.25, 0.3) is 171 Å². The first kappa shape index (κ1) is 78.3. The number of hydrogen-bond acceptors (Lipinski definition) is 6. The van der Waals surface area contributed by atoms with Crippen molar-refractivity contribution in [2.24, 2.45) is 0 Å². The van der Waals surface area contributed by atoms with Crippen LogP contribution in [0.1, 0.15) is 25.0 Å². The number of pyridine rings is 2. The SMILES string of the molecule is CC1(C)c2ccccc2N2c3c(cccc31)-n1c3ccccc3c3cc(N(c4ccccc4)c4ccccc4)cc2c31.c1ccc(-c2cc(-c3ccccc3)cc(N3c4cnccc4-n4c5ccccc5c5cc(-n6c7ccccc7c7ccccc76)cc3c54)c2)cc1.c1ccc(N2c3ccccc3-n3c4ncccc4c4cc(-c5ccc(-n6c7ccccc7c7ccccc76)cc5)cc2c43)cc1. The fourth-order valence-corrected chi connectivity index (χ4v) is 23.0. The number of para-hydroxylation sites is 13. The summed E-state index contributed by atoms with van der Waals surface area (Å²) in [6.07, 6.45) is 5.82. The van der Waals surface area contributed by atoms with Gasteiger partial charge in [-0.25, -0.2) is 4.98 Å². The quantitative estimate of drug-likeness (QED) is 0.136. The summed E-state index contributed by atoms with van der Waals surface area (Å²) in [6.45, 7) is 4.72. The highest BCUT2D eigenvalue weighted by Gasteiger charge is 2.43. The van der Waals surface area contributed by atoms with E-state index in [1.54, 1.807) is 0 Å². The van der Waals surface area contributed by atoms with Gasteiger partial charge in [0, 0.05) is 111 Å². The monoisotopic (exact) mass is 1760 g/mol. The minimum absolute atomic E-state index is 0.129. The third-order valence-electron chi connectivity index (χ3n) is 29.0. The first-order chi connectivity index (χ1) is 68.3. The molecule has 7 aromatic heterocycles. The standard InChI is InChI=1S/C47H30N4.C41H26N4.C39H29N3/c1-3-13-31(14-4-1)33-25-34(32-15-5-2-6-16-32)27-35(26-33)50-45-29-36(49-41-20-10-7-17-37(41)38-18-8-11-21-42(38)49)28-40-39-19-9-12-22-43(39)51(47(40)45)44-23-24-48-30-46(44)50;1-2-11-29(12-3-1)44-37-18-8-9-19-38(37)45-40-34(33-15-10-24-42-41(33)45)25-28(26-39(40)44)27-20-22-30(23-21-27)43-35-16-6-4-13-31(35)32-14-5-7-17-36(32)43;1-39(2)31-19-10-12-22-34(31)42-36-25-28(40(26-14-5-3-6-15-26)27-16-7-4-8-17-27)24-30-29-18-9-11-21-33(29)41(37(30)36)35-23-13-20-32(39)38(35)42/h1-30H;1-26H;3-25H,1-2H3. The van der Waals surface area contributed by atoms with Gasteiger partial charge in [-0.3, -0.25) is 9.55 Å². The smallest absolute Gasteiger partial charge is 0.145 e. The number of hydrogen-bond donors (Lipinski definition) is 0. The van der Waals surface area contributed by atoms with Crippen molar-refractivity contribution in [2.45, 2.75) is 19.3 Å². The van der Waals surface area contributed by atoms with Gasteiger partial charge in [0.2, 0.25) is 0 Å². The van der Waals surface area contributed by atoms with E-state index in [9.17, 15) is 0 Å². The molecule has 0 saturated carbocycles. The Hall–Kier alpha value is -18.3. The summed E-state index contributed by atoms with van der Waals surface area (Å²) in [4.78, 5) is 19.4. The van der Waals surface area contributed by atoms with Crippen molar-refractivity contribution in [3.63, 3.8) is 0 Å². The second kappa shape index (κ2) is 30.9. The molecule has 0 atom stereocenters. The van der Waals surface area contributed by atoms with Crippen LogP contribution >= 0.6 is 0 Å². The van der Waals surface area contributed by atoms with E-state index in [-0.39, 0.29) is 5.41 Å². The molecule has 0 radical (unpaired) electrons. The molecular weight excluding hydrogens is 1680 g/mol. The maximum atomic E-state index is 4.89. The maximum absolute atomic E-state index is 4.89. The molecule has 4 aliphatic heterocycles. The first-order valence-electron chi connectivity index (χ1n) is 47.3. The number of anilines is 12. The minimum Gasteiger partial charge on any atom is -0.310 e. The third-order valence-corrected chi connectivity index (χ3v) is 29.0. The van der Waals surface area contributed by atoms with E-state index in [1.165, 1.54) is 165 Å². The van der Waals surface area contributed by atoms with Crippen LogP contribution in [0.2, 0.25) is 0 Å². The Morgan fingerprint density at radius 1 is 0.210 bits per heavy atom. The number of aromatic nitrogens is 7. The largest absolute Gasteiger partial charge is 0.310 e. The van der Waals surface area contributed by atoms with Gasteiger partial charge in [-0.05, 0) is 226 Å². The van der Waals surface area contributed by atoms with Crippen molar-refractivity contribution in [2.75, 3.05) is 19.6 Å². The Balaban J connectivity index is 0.000000103. The lowest BCUT2D eigenvalue weighted by atomic mass is 9.73. The van der Waals surface area contributed by atoms with E-state index in [1.807, 2.05) is 24.7 Å². The van der Waals surface area contributed by atoms with Crippen LogP contribution in [0.3, 0.4) is 0 Å². The van der Waals surface area contributed by atoms with Crippen LogP contribution in [0.15, 0.2) is 480 Å². The van der Waals surface area contributed by atoms with Gasteiger partial charge < -0.3 is 37.9 Å². The molecule has 4 aliphatic rings. The molecule has 30 rings (SSSR count). The van der Waals surface area contributed by atoms with E-state index in [2.05, 4.69) is 511 Å². The van der Waals surface area contributed by atoms with Crippen LogP contribution in [0, 0.1) is 0 Å². The highest BCUT2D eigenvalue weighted by molar-refractivity contribution is 6.22. The fourth-order valence-electron chi connectivity index (χ4n) is 23.0. The zero-order valence-electron chi connectivity index (χ0n) is 75.5. The summed E-state index contributed by atoms with van der Waals surface area (Å²) in [5.74, 6) is 0. The normalized spacial score (nSPS) is 12.9. The van der Waals surface area contributed by atoms with E-state index < -0.39 is 0 Å². The van der Waals surface area contributed by atoms with E-state index in [4.69, 9.17) is 9.97 Å². The molecule has 0 spiro atoms. The average Bonchev–Trinajstić information content (AvgIpc) is 1.41. The van der Waals surface area contributed by atoms with Gasteiger partial charge >= 0.3 is 0 Å². The molecule has 11 heteroatoms. The summed E-state index contributed by atoms with van der Waals surface area (Å²) in [6, 6.07) is 167. The van der Waals surface area contributed by atoms with Crippen molar-refractivity contribution >= 4 is 177 Å². The van der Waals surface area contributed by atoms with Crippen molar-refractivity contribution in [1.29, 1.82) is 0 Å². The Labute approximate surface area is 796 Å². The van der Waals surface area contributed by atoms with Crippen LogP contribution in [-0.2, 0) is 5.41 Å². The molecule has 19 aromatic carbocycles. The van der Waals surface area contributed by atoms with Crippen molar-refractivity contribution < 1.29 is 0 Å². The van der Waals surface area contributed by atoms with Crippen molar-refractivity contribution in [3.05, 3.63) is 491 Å². The maximum Gasteiger partial charge on any atom is 0.145 e. The van der Waals surface area contributed by atoms with E-state index in [0.717, 1.165) is 85.0 Å². The molecule has 0 N–H and O–H groups in total. The molecular formula is C127H85N11. The predicted molar refractivity (Wildman–Crippen MR) is 574 cm³/mol. The third kappa shape index (κ3) is 11.9. The van der Waals surface area contributed by atoms with E-state index in [0.29, 0.717) is 0 Å². The number of fused-ring (bicyclic) bond motifs is 23. The Morgan fingerprint density at radius 2 is 0.623 bits per heavy atom. The molecule has 0 amide bonds. The van der Waals surface area contributed by atoms with E-state index >= 15 is 0 Å². The lowest BCUT2D eigenvalue weighted by Gasteiger charge is -2.45. The highest BCUT2D eigenvalue weighted by Crippen LogP contribution is 2.61. The Kier molecular flexibility index (Phi) is 17.5. The van der Waals surface area contributed by atoms with Gasteiger partial charge in [0.1, 0.15) is 5.65 Å². The molecule has 648 valence electrons. The minimum atomic E-state index is -0.129. The summed E-state index contributed by atoms with van der Waals surface area (Å²) in [7, 11) is 0. The summed E-state index contributed by atoms with van der Waals surface area (Å²) >= 11 is 0. The zero-order chi connectivity index (χ0) is 91.0. The van der Waals surface area contributed by atoms with Crippen LogP contribution < -0.4 is 19.6 Å². The number of nitrogens with zero attached hydrogens (tertiary/aromatic N) is 11. The molecule has 11 heterocycles. The summed E-state index contributed by atoms with van der Waals surface area (Å²) in [5.41, 5.74) is 41.0. The summed E-state index contributed by atoms with van der Waals surface area (Å²) < 4.78 is 12.1.